The van der Waals surface area contributed by atoms with Crippen LogP contribution in [-0.2, 0) is 6.42 Å². The number of hydrogen-bond acceptors (Lipinski definition) is 2. The highest BCUT2D eigenvalue weighted by Crippen LogP contribution is 2.30. The number of benzene rings is 1. The fourth-order valence-corrected chi connectivity index (χ4v) is 1.86. The molecule has 1 unspecified atom stereocenters. The minimum absolute atomic E-state index is 0. The standard InChI is InChI=1S/C12H13F2NO.ClH/c13-6-9(7-15)12-3-1-8-5-10(14)2-4-11(8)16-12;/h2,4-6,12H,1,3,7,15H2;1H/b9-6-;. The quantitative estimate of drug-likeness (QED) is 0.889. The molecule has 0 radical (unpaired) electrons. The molecule has 1 aromatic carbocycles. The molecule has 0 bridgehead atoms. The second-order valence-electron chi connectivity index (χ2n) is 3.79. The van der Waals surface area contributed by atoms with Crippen LogP contribution in [0.15, 0.2) is 30.1 Å². The summed E-state index contributed by atoms with van der Waals surface area (Å²) in [5, 5.41) is 0. The minimum Gasteiger partial charge on any atom is -0.486 e. The first kappa shape index (κ1) is 13.9. The van der Waals surface area contributed by atoms with Crippen LogP contribution >= 0.6 is 12.4 Å². The number of fused-ring (bicyclic) bond motifs is 1. The Hall–Kier alpha value is -1.13. The predicted molar refractivity (Wildman–Crippen MR) is 64.6 cm³/mol. The summed E-state index contributed by atoms with van der Waals surface area (Å²) in [6.45, 7) is 0.137. The highest BCUT2D eigenvalue weighted by Gasteiger charge is 2.22. The first-order valence-electron chi connectivity index (χ1n) is 5.19. The monoisotopic (exact) mass is 261 g/mol. The third kappa shape index (κ3) is 2.96. The van der Waals surface area contributed by atoms with E-state index < -0.39 is 0 Å². The molecule has 2 nitrogen and oxygen atoms in total. The Morgan fingerprint density at radius 2 is 2.29 bits per heavy atom. The molecule has 0 fully saturated rings. The molecule has 0 amide bonds. The highest BCUT2D eigenvalue weighted by atomic mass is 35.5. The van der Waals surface area contributed by atoms with Crippen molar-refractivity contribution in [2.24, 2.45) is 5.73 Å². The van der Waals surface area contributed by atoms with E-state index in [1.54, 1.807) is 6.07 Å². The van der Waals surface area contributed by atoms with Gasteiger partial charge in [-0.05, 0) is 36.6 Å². The molecule has 1 aromatic rings. The smallest absolute Gasteiger partial charge is 0.124 e. The molecule has 0 aromatic heterocycles. The van der Waals surface area contributed by atoms with Gasteiger partial charge in [-0.25, -0.2) is 8.78 Å². The predicted octanol–water partition coefficient (Wildman–Crippen LogP) is 2.75. The summed E-state index contributed by atoms with van der Waals surface area (Å²) in [6, 6.07) is 4.36. The third-order valence-electron chi connectivity index (χ3n) is 2.76. The Labute approximate surface area is 105 Å². The van der Waals surface area contributed by atoms with E-state index in [9.17, 15) is 8.78 Å². The number of ether oxygens (including phenoxy) is 1. The number of nitrogens with two attached hydrogens (primary N) is 1. The second-order valence-corrected chi connectivity index (χ2v) is 3.79. The molecule has 1 atom stereocenters. The Kier molecular flexibility index (Phi) is 4.90. The van der Waals surface area contributed by atoms with Crippen molar-refractivity contribution in [3.63, 3.8) is 0 Å². The van der Waals surface area contributed by atoms with Gasteiger partial charge in [-0.1, -0.05) is 0 Å². The summed E-state index contributed by atoms with van der Waals surface area (Å²) in [6.07, 6.45) is 1.48. The minimum atomic E-state index is -0.326. The van der Waals surface area contributed by atoms with Crippen LogP contribution in [-0.4, -0.2) is 12.6 Å². The molecule has 2 rings (SSSR count). The lowest BCUT2D eigenvalue weighted by molar-refractivity contribution is 0.203. The fourth-order valence-electron chi connectivity index (χ4n) is 1.86. The van der Waals surface area contributed by atoms with Crippen LogP contribution in [0.2, 0.25) is 0 Å². The Morgan fingerprint density at radius 1 is 1.53 bits per heavy atom. The van der Waals surface area contributed by atoms with Crippen LogP contribution in [0.5, 0.6) is 5.75 Å². The zero-order valence-electron chi connectivity index (χ0n) is 9.16. The molecular weight excluding hydrogens is 248 g/mol. The van der Waals surface area contributed by atoms with Gasteiger partial charge >= 0.3 is 0 Å². The molecule has 94 valence electrons. The lowest BCUT2D eigenvalue weighted by Crippen LogP contribution is -2.28. The summed E-state index contributed by atoms with van der Waals surface area (Å²) in [7, 11) is 0. The lowest BCUT2D eigenvalue weighted by Gasteiger charge is -2.27. The molecule has 0 saturated heterocycles. The summed E-state index contributed by atoms with van der Waals surface area (Å²) in [5.41, 5.74) is 6.68. The van der Waals surface area contributed by atoms with Gasteiger partial charge in [0.2, 0.25) is 0 Å². The van der Waals surface area contributed by atoms with Crippen molar-refractivity contribution < 1.29 is 13.5 Å². The maximum atomic E-state index is 12.9. The van der Waals surface area contributed by atoms with E-state index in [4.69, 9.17) is 10.5 Å². The summed E-state index contributed by atoms with van der Waals surface area (Å²) in [5.74, 6) is 0.339. The van der Waals surface area contributed by atoms with Gasteiger partial charge in [-0.15, -0.1) is 12.4 Å². The zero-order chi connectivity index (χ0) is 11.5. The maximum Gasteiger partial charge on any atom is 0.124 e. The van der Waals surface area contributed by atoms with E-state index in [2.05, 4.69) is 0 Å². The molecule has 0 saturated carbocycles. The van der Waals surface area contributed by atoms with Crippen LogP contribution < -0.4 is 10.5 Å². The molecule has 2 N–H and O–H groups in total. The third-order valence-corrected chi connectivity index (χ3v) is 2.76. The summed E-state index contributed by atoms with van der Waals surface area (Å²) >= 11 is 0. The van der Waals surface area contributed by atoms with Crippen molar-refractivity contribution in [1.29, 1.82) is 0 Å². The van der Waals surface area contributed by atoms with Gasteiger partial charge in [0.05, 0.1) is 6.33 Å². The van der Waals surface area contributed by atoms with E-state index in [1.165, 1.54) is 12.1 Å². The van der Waals surface area contributed by atoms with E-state index >= 15 is 0 Å². The van der Waals surface area contributed by atoms with Crippen molar-refractivity contribution in [3.8, 4) is 5.75 Å². The largest absolute Gasteiger partial charge is 0.486 e. The van der Waals surface area contributed by atoms with Gasteiger partial charge in [0.1, 0.15) is 17.7 Å². The Morgan fingerprint density at radius 3 is 2.94 bits per heavy atom. The molecule has 0 spiro atoms. The van der Waals surface area contributed by atoms with Crippen molar-refractivity contribution >= 4 is 12.4 Å². The maximum absolute atomic E-state index is 12.9. The van der Waals surface area contributed by atoms with Crippen LogP contribution in [0, 0.1) is 5.82 Å². The summed E-state index contributed by atoms with van der Waals surface area (Å²) in [4.78, 5) is 0. The number of hydrogen-bond donors (Lipinski definition) is 1. The van der Waals surface area contributed by atoms with Gasteiger partial charge < -0.3 is 10.5 Å². The van der Waals surface area contributed by atoms with Gasteiger partial charge in [-0.2, -0.15) is 0 Å². The SMILES string of the molecule is Cl.NC/C(=C/F)C1CCc2cc(F)ccc2O1. The van der Waals surface area contributed by atoms with E-state index in [-0.39, 0.29) is 30.9 Å². The topological polar surface area (TPSA) is 35.2 Å². The van der Waals surface area contributed by atoms with Gasteiger partial charge in [0.25, 0.3) is 0 Å². The first-order valence-corrected chi connectivity index (χ1v) is 5.19. The van der Waals surface area contributed by atoms with Crippen molar-refractivity contribution in [2.75, 3.05) is 6.54 Å². The van der Waals surface area contributed by atoms with E-state index in [0.29, 0.717) is 30.5 Å². The highest BCUT2D eigenvalue weighted by molar-refractivity contribution is 5.85. The van der Waals surface area contributed by atoms with Crippen molar-refractivity contribution in [1.82, 2.24) is 0 Å². The van der Waals surface area contributed by atoms with Gasteiger partial charge in [0, 0.05) is 12.1 Å². The molecule has 1 aliphatic rings. The molecule has 17 heavy (non-hydrogen) atoms. The zero-order valence-corrected chi connectivity index (χ0v) is 9.97. The molecular formula is C12H14ClF2NO. The average molecular weight is 262 g/mol. The fraction of sp³-hybridized carbons (Fsp3) is 0.333. The first-order chi connectivity index (χ1) is 7.74. The molecule has 1 aliphatic heterocycles. The van der Waals surface area contributed by atoms with Crippen LogP contribution in [0.4, 0.5) is 8.78 Å². The van der Waals surface area contributed by atoms with Crippen molar-refractivity contribution in [2.45, 2.75) is 18.9 Å². The van der Waals surface area contributed by atoms with Gasteiger partial charge in [-0.3, -0.25) is 0 Å². The normalized spacial score (nSPS) is 19.0. The Balaban J connectivity index is 0.00000144. The molecule has 1 heterocycles. The van der Waals surface area contributed by atoms with E-state index in [1.807, 2.05) is 0 Å². The molecule has 0 aliphatic carbocycles. The number of aryl methyl sites for hydroxylation is 1. The number of rotatable bonds is 2. The van der Waals surface area contributed by atoms with Crippen LogP contribution in [0.1, 0.15) is 12.0 Å². The van der Waals surface area contributed by atoms with Crippen LogP contribution in [0.25, 0.3) is 0 Å². The van der Waals surface area contributed by atoms with Crippen LogP contribution in [0.3, 0.4) is 0 Å². The number of halogens is 3. The second kappa shape index (κ2) is 5.98. The van der Waals surface area contributed by atoms with Crippen molar-refractivity contribution in [3.05, 3.63) is 41.5 Å². The van der Waals surface area contributed by atoms with E-state index in [0.717, 1.165) is 5.56 Å². The van der Waals surface area contributed by atoms with Gasteiger partial charge in [0.15, 0.2) is 0 Å². The Bertz CT molecular complexity index is 423. The average Bonchev–Trinajstić information content (AvgIpc) is 2.31. The lowest BCUT2D eigenvalue weighted by atomic mass is 9.98. The molecule has 5 heteroatoms. The summed E-state index contributed by atoms with van der Waals surface area (Å²) < 4.78 is 31.0.